The van der Waals surface area contributed by atoms with Crippen LogP contribution >= 0.6 is 0 Å². The van der Waals surface area contributed by atoms with Gasteiger partial charge in [0.25, 0.3) is 0 Å². The standard InChI is InChI=1S/C9H11BO3/c1-12-9-4-2-8(3-5-9)6-7-13-10-11/h2-7,10-11H,1H3/b7-6+. The minimum absolute atomic E-state index is 0.299. The zero-order valence-electron chi connectivity index (χ0n) is 7.43. The Balaban J connectivity index is 2.58. The highest BCUT2D eigenvalue weighted by Crippen LogP contribution is 2.11. The first-order valence-electron chi connectivity index (χ1n) is 3.90. The normalized spacial score (nSPS) is 10.0. The number of rotatable bonds is 4. The zero-order valence-corrected chi connectivity index (χ0v) is 7.43. The molecule has 13 heavy (non-hydrogen) atoms. The topological polar surface area (TPSA) is 38.7 Å². The van der Waals surface area contributed by atoms with Crippen LogP contribution in [0, 0.1) is 0 Å². The summed E-state index contributed by atoms with van der Waals surface area (Å²) in [6, 6.07) is 7.52. The van der Waals surface area contributed by atoms with Crippen LogP contribution in [0.4, 0.5) is 0 Å². The lowest BCUT2D eigenvalue weighted by atomic mass is 10.2. The van der Waals surface area contributed by atoms with Crippen LogP contribution < -0.4 is 4.74 Å². The number of hydrogen-bond acceptors (Lipinski definition) is 3. The van der Waals surface area contributed by atoms with E-state index in [0.717, 1.165) is 11.3 Å². The molecule has 4 heteroatoms. The molecule has 0 saturated heterocycles. The van der Waals surface area contributed by atoms with Crippen molar-refractivity contribution in [2.45, 2.75) is 0 Å². The molecule has 0 spiro atoms. The van der Waals surface area contributed by atoms with E-state index in [1.54, 1.807) is 13.2 Å². The van der Waals surface area contributed by atoms with Crippen LogP contribution in [0.1, 0.15) is 5.56 Å². The summed E-state index contributed by atoms with van der Waals surface area (Å²) in [6.07, 6.45) is 3.21. The first kappa shape index (κ1) is 9.67. The van der Waals surface area contributed by atoms with Gasteiger partial charge in [-0.1, -0.05) is 12.1 Å². The van der Waals surface area contributed by atoms with Gasteiger partial charge in [0.2, 0.25) is 0 Å². The van der Waals surface area contributed by atoms with Gasteiger partial charge in [0, 0.05) is 0 Å². The third-order valence-corrected chi connectivity index (χ3v) is 1.55. The van der Waals surface area contributed by atoms with E-state index in [-0.39, 0.29) is 7.69 Å². The Morgan fingerprint density at radius 2 is 2.00 bits per heavy atom. The van der Waals surface area contributed by atoms with Crippen molar-refractivity contribution < 1.29 is 14.4 Å². The van der Waals surface area contributed by atoms with Gasteiger partial charge in [0.15, 0.2) is 0 Å². The predicted octanol–water partition coefficient (Wildman–Crippen LogP) is 0.941. The summed E-state index contributed by atoms with van der Waals surface area (Å²) in [7, 11) is 1.33. The van der Waals surface area contributed by atoms with E-state index in [9.17, 15) is 0 Å². The summed E-state index contributed by atoms with van der Waals surface area (Å²) in [5, 5.41) is 8.33. The maximum atomic E-state index is 8.33. The average molecular weight is 178 g/mol. The lowest BCUT2D eigenvalue weighted by molar-refractivity contribution is 0.408. The molecular formula is C9H11BO3. The fourth-order valence-electron chi connectivity index (χ4n) is 0.885. The Labute approximate surface area is 77.9 Å². The van der Waals surface area contributed by atoms with Crippen molar-refractivity contribution in [2.75, 3.05) is 7.11 Å². The third-order valence-electron chi connectivity index (χ3n) is 1.55. The second-order valence-corrected chi connectivity index (χ2v) is 2.37. The minimum Gasteiger partial charge on any atom is -0.545 e. The fourth-order valence-corrected chi connectivity index (χ4v) is 0.885. The minimum atomic E-state index is -0.299. The van der Waals surface area contributed by atoms with Gasteiger partial charge >= 0.3 is 7.69 Å². The lowest BCUT2D eigenvalue weighted by Crippen LogP contribution is -1.87. The van der Waals surface area contributed by atoms with Gasteiger partial charge in [-0.15, -0.1) is 0 Å². The molecule has 1 rings (SSSR count). The van der Waals surface area contributed by atoms with Crippen molar-refractivity contribution >= 4 is 13.8 Å². The third kappa shape index (κ3) is 3.21. The Morgan fingerprint density at radius 3 is 2.54 bits per heavy atom. The number of methoxy groups -OCH3 is 1. The maximum absolute atomic E-state index is 8.33. The quantitative estimate of drug-likeness (QED) is 0.550. The summed E-state index contributed by atoms with van der Waals surface area (Å²) in [5.74, 6) is 0.820. The van der Waals surface area contributed by atoms with E-state index < -0.39 is 0 Å². The number of ether oxygens (including phenoxy) is 1. The van der Waals surface area contributed by atoms with Crippen LogP contribution in [0.25, 0.3) is 6.08 Å². The second-order valence-electron chi connectivity index (χ2n) is 2.37. The highest BCUT2D eigenvalue weighted by atomic mass is 16.5. The fraction of sp³-hybridized carbons (Fsp3) is 0.111. The van der Waals surface area contributed by atoms with Gasteiger partial charge in [0.05, 0.1) is 13.4 Å². The summed E-state index contributed by atoms with van der Waals surface area (Å²) in [5.41, 5.74) is 0.995. The first-order valence-corrected chi connectivity index (χ1v) is 3.90. The molecule has 0 aliphatic rings. The van der Waals surface area contributed by atoms with Gasteiger partial charge in [-0.3, -0.25) is 0 Å². The Hall–Kier alpha value is -1.42. The highest BCUT2D eigenvalue weighted by molar-refractivity contribution is 6.16. The molecule has 0 aromatic heterocycles. The zero-order chi connectivity index (χ0) is 9.52. The molecule has 68 valence electrons. The number of benzene rings is 1. The van der Waals surface area contributed by atoms with Crippen LogP contribution in [-0.4, -0.2) is 19.8 Å². The van der Waals surface area contributed by atoms with Crippen molar-refractivity contribution in [3.05, 3.63) is 36.1 Å². The van der Waals surface area contributed by atoms with Crippen molar-refractivity contribution in [3.63, 3.8) is 0 Å². The molecule has 0 amide bonds. The van der Waals surface area contributed by atoms with Crippen LogP contribution in [-0.2, 0) is 4.65 Å². The Kier molecular flexibility index (Phi) is 3.92. The molecule has 0 aliphatic heterocycles. The van der Waals surface area contributed by atoms with Crippen molar-refractivity contribution in [3.8, 4) is 5.75 Å². The molecule has 0 saturated carbocycles. The van der Waals surface area contributed by atoms with Crippen molar-refractivity contribution in [2.24, 2.45) is 0 Å². The van der Waals surface area contributed by atoms with Crippen molar-refractivity contribution in [1.29, 1.82) is 0 Å². The summed E-state index contributed by atoms with van der Waals surface area (Å²) in [6.45, 7) is 0. The monoisotopic (exact) mass is 178 g/mol. The Bertz CT molecular complexity index is 269. The largest absolute Gasteiger partial charge is 0.545 e. The highest BCUT2D eigenvalue weighted by Gasteiger charge is 1.89. The smallest absolute Gasteiger partial charge is 0.503 e. The Morgan fingerprint density at radius 1 is 1.31 bits per heavy atom. The van der Waals surface area contributed by atoms with E-state index in [1.807, 2.05) is 24.3 Å². The molecule has 0 bridgehead atoms. The molecule has 0 fully saturated rings. The molecule has 1 aromatic carbocycles. The van der Waals surface area contributed by atoms with Crippen LogP contribution in [0.2, 0.25) is 0 Å². The predicted molar refractivity (Wildman–Crippen MR) is 52.5 cm³/mol. The van der Waals surface area contributed by atoms with E-state index in [4.69, 9.17) is 9.76 Å². The second kappa shape index (κ2) is 5.27. The molecule has 0 unspecified atom stereocenters. The van der Waals surface area contributed by atoms with Gasteiger partial charge in [-0.2, -0.15) is 0 Å². The van der Waals surface area contributed by atoms with E-state index in [0.29, 0.717) is 0 Å². The van der Waals surface area contributed by atoms with Crippen LogP contribution in [0.15, 0.2) is 30.5 Å². The average Bonchev–Trinajstić information content (AvgIpc) is 2.19. The summed E-state index contributed by atoms with van der Waals surface area (Å²) >= 11 is 0. The van der Waals surface area contributed by atoms with E-state index in [1.165, 1.54) is 6.26 Å². The molecular weight excluding hydrogens is 167 g/mol. The van der Waals surface area contributed by atoms with E-state index >= 15 is 0 Å². The first-order chi connectivity index (χ1) is 6.36. The van der Waals surface area contributed by atoms with Crippen LogP contribution in [0.5, 0.6) is 5.75 Å². The van der Waals surface area contributed by atoms with Crippen LogP contribution in [0.3, 0.4) is 0 Å². The van der Waals surface area contributed by atoms with Crippen molar-refractivity contribution in [1.82, 2.24) is 0 Å². The molecule has 0 radical (unpaired) electrons. The molecule has 0 heterocycles. The lowest BCUT2D eigenvalue weighted by Gasteiger charge is -1.98. The van der Waals surface area contributed by atoms with E-state index in [2.05, 4.69) is 4.65 Å². The summed E-state index contributed by atoms with van der Waals surface area (Å²) in [4.78, 5) is 0. The molecule has 0 aliphatic carbocycles. The van der Waals surface area contributed by atoms with Gasteiger partial charge in [-0.25, -0.2) is 0 Å². The number of hydrogen-bond donors (Lipinski definition) is 1. The van der Waals surface area contributed by atoms with Gasteiger partial charge in [0.1, 0.15) is 5.75 Å². The van der Waals surface area contributed by atoms with Gasteiger partial charge in [-0.05, 0) is 23.8 Å². The molecule has 3 nitrogen and oxygen atoms in total. The van der Waals surface area contributed by atoms with Gasteiger partial charge < -0.3 is 14.4 Å². The molecule has 1 aromatic rings. The molecule has 0 atom stereocenters. The SMILES string of the molecule is COc1ccc(/C=C/OBO)cc1. The summed E-state index contributed by atoms with van der Waals surface area (Å²) < 4.78 is 9.64. The maximum Gasteiger partial charge on any atom is 0.503 e. The molecule has 1 N–H and O–H groups in total.